The lowest BCUT2D eigenvalue weighted by molar-refractivity contribution is 0.0484. The van der Waals surface area contributed by atoms with E-state index in [4.69, 9.17) is 0 Å². The number of hydrogen-bond acceptors (Lipinski definition) is 4. The van der Waals surface area contributed by atoms with Crippen LogP contribution in [0, 0.1) is 0 Å². The van der Waals surface area contributed by atoms with E-state index in [1.54, 1.807) is 18.2 Å². The van der Waals surface area contributed by atoms with Gasteiger partial charge in [-0.25, -0.2) is 8.42 Å². The van der Waals surface area contributed by atoms with E-state index >= 15 is 0 Å². The minimum Gasteiger partial charge on any atom is -0.337 e. The Kier molecular flexibility index (Phi) is 5.21. The molecule has 2 saturated heterocycles. The lowest BCUT2D eigenvalue weighted by Crippen LogP contribution is -2.52. The maximum Gasteiger partial charge on any atom is 0.255 e. The van der Waals surface area contributed by atoms with E-state index < -0.39 is 9.84 Å². The molecule has 5 nitrogen and oxygen atoms in total. The van der Waals surface area contributed by atoms with E-state index in [1.165, 1.54) is 18.9 Å². The molecule has 3 unspecified atom stereocenters. The average molecular weight is 365 g/mol. The summed E-state index contributed by atoms with van der Waals surface area (Å²) < 4.78 is 24.0. The molecule has 1 aromatic rings. The first-order chi connectivity index (χ1) is 11.8. The Balaban J connectivity index is 1.82. The number of carbonyl (C=O) groups is 1. The van der Waals surface area contributed by atoms with Gasteiger partial charge in [-0.15, -0.1) is 0 Å². The fourth-order valence-corrected chi connectivity index (χ4v) is 5.33. The summed E-state index contributed by atoms with van der Waals surface area (Å²) in [7, 11) is -3.42. The molecule has 0 bridgehead atoms. The first-order valence-corrected chi connectivity index (χ1v) is 11.0. The number of benzene rings is 1. The first-order valence-electron chi connectivity index (χ1n) is 9.15. The maximum absolute atomic E-state index is 13.0. The predicted octanol–water partition coefficient (Wildman–Crippen LogP) is 2.57. The zero-order chi connectivity index (χ0) is 18.2. The highest BCUT2D eigenvalue weighted by Crippen LogP contribution is 2.30. The topological polar surface area (TPSA) is 57.7 Å². The van der Waals surface area contributed by atoms with Crippen molar-refractivity contribution < 1.29 is 13.2 Å². The maximum atomic E-state index is 13.0. The van der Waals surface area contributed by atoms with Crippen LogP contribution in [0.2, 0.25) is 0 Å². The number of amides is 1. The van der Waals surface area contributed by atoms with Crippen molar-refractivity contribution in [2.24, 2.45) is 0 Å². The van der Waals surface area contributed by atoms with E-state index in [1.807, 2.05) is 4.90 Å². The van der Waals surface area contributed by atoms with Crippen molar-refractivity contribution in [3.8, 4) is 0 Å². The monoisotopic (exact) mass is 364 g/mol. The summed E-state index contributed by atoms with van der Waals surface area (Å²) in [6.07, 6.45) is 5.65. The van der Waals surface area contributed by atoms with E-state index in [0.29, 0.717) is 36.8 Å². The summed E-state index contributed by atoms with van der Waals surface area (Å²) in [5.74, 6) is -0.162. The van der Waals surface area contributed by atoms with Crippen molar-refractivity contribution in [2.45, 2.75) is 62.6 Å². The number of rotatable bonds is 3. The number of carbonyl (C=O) groups excluding carboxylic acids is 1. The number of nitrogens with zero attached hydrogens (tertiary/aromatic N) is 2. The molecule has 2 aliphatic rings. The standard InChI is InChI=1S/C19H28N2O3S/c1-14-10-11-15(2)21(14)16-7-6-12-20(13-16)19(22)17-8-4-5-9-18(17)25(3,23)24/h4-5,8-9,14-16H,6-7,10-13H2,1-3H3. The third-order valence-electron chi connectivity index (χ3n) is 5.64. The van der Waals surface area contributed by atoms with Crippen LogP contribution in [-0.4, -0.2) is 61.6 Å². The van der Waals surface area contributed by atoms with Gasteiger partial charge in [0.25, 0.3) is 5.91 Å². The van der Waals surface area contributed by atoms with Crippen LogP contribution in [0.25, 0.3) is 0 Å². The molecule has 6 heteroatoms. The van der Waals surface area contributed by atoms with Crippen LogP contribution in [0.5, 0.6) is 0 Å². The van der Waals surface area contributed by atoms with Gasteiger partial charge in [-0.1, -0.05) is 12.1 Å². The summed E-state index contributed by atoms with van der Waals surface area (Å²) in [4.78, 5) is 17.6. The summed E-state index contributed by atoms with van der Waals surface area (Å²) in [5, 5.41) is 0. The van der Waals surface area contributed by atoms with Gasteiger partial charge in [-0.2, -0.15) is 0 Å². The highest BCUT2D eigenvalue weighted by Gasteiger charge is 2.37. The van der Waals surface area contributed by atoms with E-state index in [-0.39, 0.29) is 10.8 Å². The van der Waals surface area contributed by atoms with Crippen LogP contribution in [-0.2, 0) is 9.84 Å². The fourth-order valence-electron chi connectivity index (χ4n) is 4.45. The van der Waals surface area contributed by atoms with Gasteiger partial charge in [0.15, 0.2) is 9.84 Å². The highest BCUT2D eigenvalue weighted by atomic mass is 32.2. The Labute approximate surface area is 150 Å². The van der Waals surface area contributed by atoms with Crippen molar-refractivity contribution in [1.82, 2.24) is 9.80 Å². The van der Waals surface area contributed by atoms with Crippen molar-refractivity contribution in [1.29, 1.82) is 0 Å². The van der Waals surface area contributed by atoms with Gasteiger partial charge in [-0.3, -0.25) is 9.69 Å². The number of piperidine rings is 1. The van der Waals surface area contributed by atoms with Crippen LogP contribution >= 0.6 is 0 Å². The number of sulfone groups is 1. The Hall–Kier alpha value is -1.40. The summed E-state index contributed by atoms with van der Waals surface area (Å²) >= 11 is 0. The second-order valence-corrected chi connectivity index (χ2v) is 9.52. The second-order valence-electron chi connectivity index (χ2n) is 7.54. The largest absolute Gasteiger partial charge is 0.337 e. The molecule has 0 N–H and O–H groups in total. The van der Waals surface area contributed by atoms with Crippen molar-refractivity contribution >= 4 is 15.7 Å². The summed E-state index contributed by atoms with van der Waals surface area (Å²) in [5.41, 5.74) is 0.299. The quantitative estimate of drug-likeness (QED) is 0.827. The Morgan fingerprint density at radius 2 is 1.72 bits per heavy atom. The molecule has 0 radical (unpaired) electrons. The van der Waals surface area contributed by atoms with Crippen molar-refractivity contribution in [3.05, 3.63) is 29.8 Å². The van der Waals surface area contributed by atoms with Crippen LogP contribution in [0.1, 0.15) is 49.9 Å². The molecule has 1 amide bonds. The molecule has 3 rings (SSSR count). The first kappa shape index (κ1) is 18.4. The molecule has 2 aliphatic heterocycles. The van der Waals surface area contributed by atoms with E-state index in [0.717, 1.165) is 19.1 Å². The highest BCUT2D eigenvalue weighted by molar-refractivity contribution is 7.90. The van der Waals surface area contributed by atoms with Crippen LogP contribution in [0.3, 0.4) is 0 Å². The van der Waals surface area contributed by atoms with Gasteiger partial charge in [0, 0.05) is 37.5 Å². The molecule has 25 heavy (non-hydrogen) atoms. The van der Waals surface area contributed by atoms with Crippen molar-refractivity contribution in [3.63, 3.8) is 0 Å². The van der Waals surface area contributed by atoms with Gasteiger partial charge < -0.3 is 4.90 Å². The van der Waals surface area contributed by atoms with E-state index in [2.05, 4.69) is 18.7 Å². The normalized spacial score (nSPS) is 28.3. The second kappa shape index (κ2) is 7.08. The fraction of sp³-hybridized carbons (Fsp3) is 0.632. The minimum atomic E-state index is -3.42. The van der Waals surface area contributed by atoms with Crippen molar-refractivity contribution in [2.75, 3.05) is 19.3 Å². The number of likely N-dealkylation sites (tertiary alicyclic amines) is 2. The molecule has 1 aromatic carbocycles. The molecule has 138 valence electrons. The Bertz CT molecular complexity index is 737. The lowest BCUT2D eigenvalue weighted by Gasteiger charge is -2.41. The molecule has 0 aliphatic carbocycles. The summed E-state index contributed by atoms with van der Waals surface area (Å²) in [6, 6.07) is 8.03. The van der Waals surface area contributed by atoms with Gasteiger partial charge >= 0.3 is 0 Å². The third-order valence-corrected chi connectivity index (χ3v) is 6.80. The third kappa shape index (κ3) is 3.75. The number of hydrogen-bond donors (Lipinski definition) is 0. The molecule has 2 fully saturated rings. The van der Waals surface area contributed by atoms with Gasteiger partial charge in [-0.05, 0) is 51.7 Å². The lowest BCUT2D eigenvalue weighted by atomic mass is 10.0. The molecule has 0 saturated carbocycles. The van der Waals surface area contributed by atoms with E-state index in [9.17, 15) is 13.2 Å². The van der Waals surface area contributed by atoms with Gasteiger partial charge in [0.1, 0.15) is 0 Å². The molecular weight excluding hydrogens is 336 g/mol. The zero-order valence-electron chi connectivity index (χ0n) is 15.3. The predicted molar refractivity (Wildman–Crippen MR) is 98.5 cm³/mol. The molecule has 0 aromatic heterocycles. The summed E-state index contributed by atoms with van der Waals surface area (Å²) in [6.45, 7) is 5.92. The average Bonchev–Trinajstić information content (AvgIpc) is 2.92. The Morgan fingerprint density at radius 1 is 1.08 bits per heavy atom. The molecule has 3 atom stereocenters. The Morgan fingerprint density at radius 3 is 2.36 bits per heavy atom. The van der Waals surface area contributed by atoms with Crippen LogP contribution in [0.15, 0.2) is 29.2 Å². The van der Waals surface area contributed by atoms with Gasteiger partial charge in [0.05, 0.1) is 10.5 Å². The molecular formula is C19H28N2O3S. The minimum absolute atomic E-state index is 0.130. The smallest absolute Gasteiger partial charge is 0.255 e. The van der Waals surface area contributed by atoms with Crippen LogP contribution in [0.4, 0.5) is 0 Å². The molecule has 0 spiro atoms. The molecule has 2 heterocycles. The van der Waals surface area contributed by atoms with Crippen LogP contribution < -0.4 is 0 Å². The van der Waals surface area contributed by atoms with Gasteiger partial charge in [0.2, 0.25) is 0 Å². The SMILES string of the molecule is CC1CCC(C)N1C1CCCN(C(=O)c2ccccc2S(C)(=O)=O)C1. The zero-order valence-corrected chi connectivity index (χ0v) is 16.1.